The Kier molecular flexibility index (Phi) is 2.83. The quantitative estimate of drug-likeness (QED) is 0.827. The second-order valence-corrected chi connectivity index (χ2v) is 3.34. The maximum atomic E-state index is 11.8. The SMILES string of the molecule is Cn1nccc1NC(=O)c1ccnc(C#N)c1. The number of carbonyl (C=O) groups excluding carboxylic acids is 1. The molecule has 1 N–H and O–H groups in total. The van der Waals surface area contributed by atoms with Crippen LogP contribution in [-0.4, -0.2) is 20.7 Å². The zero-order chi connectivity index (χ0) is 12.3. The first-order valence-electron chi connectivity index (χ1n) is 4.86. The van der Waals surface area contributed by atoms with E-state index < -0.39 is 0 Å². The Bertz CT molecular complexity index is 596. The number of carbonyl (C=O) groups is 1. The lowest BCUT2D eigenvalue weighted by molar-refractivity contribution is 0.102. The monoisotopic (exact) mass is 227 g/mol. The van der Waals surface area contributed by atoms with Crippen LogP contribution in [0.2, 0.25) is 0 Å². The van der Waals surface area contributed by atoms with Crippen LogP contribution >= 0.6 is 0 Å². The molecule has 2 aromatic heterocycles. The van der Waals surface area contributed by atoms with E-state index in [0.717, 1.165) is 0 Å². The number of aryl methyl sites for hydroxylation is 1. The molecule has 0 unspecified atom stereocenters. The molecule has 0 saturated heterocycles. The Morgan fingerprint density at radius 2 is 2.29 bits per heavy atom. The molecule has 2 rings (SSSR count). The third-order valence-corrected chi connectivity index (χ3v) is 2.20. The molecule has 0 spiro atoms. The Balaban J connectivity index is 2.21. The van der Waals surface area contributed by atoms with E-state index in [1.54, 1.807) is 30.1 Å². The molecular formula is C11H9N5O. The summed E-state index contributed by atoms with van der Waals surface area (Å²) in [6, 6.07) is 6.55. The molecule has 0 aromatic carbocycles. The molecule has 0 aliphatic carbocycles. The highest BCUT2D eigenvalue weighted by Gasteiger charge is 2.08. The molecule has 0 aliphatic rings. The molecule has 0 atom stereocenters. The minimum absolute atomic E-state index is 0.211. The van der Waals surface area contributed by atoms with Gasteiger partial charge in [-0.2, -0.15) is 10.4 Å². The molecule has 6 nitrogen and oxygen atoms in total. The van der Waals surface area contributed by atoms with E-state index in [-0.39, 0.29) is 11.6 Å². The molecule has 0 fully saturated rings. The summed E-state index contributed by atoms with van der Waals surface area (Å²) in [6.07, 6.45) is 3.01. The third kappa shape index (κ3) is 2.29. The van der Waals surface area contributed by atoms with Crippen molar-refractivity contribution in [2.24, 2.45) is 7.05 Å². The van der Waals surface area contributed by atoms with Gasteiger partial charge in [0.1, 0.15) is 17.6 Å². The van der Waals surface area contributed by atoms with Crippen LogP contribution in [-0.2, 0) is 7.05 Å². The number of nitrogens with zero attached hydrogens (tertiary/aromatic N) is 4. The van der Waals surface area contributed by atoms with Crippen molar-refractivity contribution in [3.8, 4) is 6.07 Å². The van der Waals surface area contributed by atoms with Crippen LogP contribution < -0.4 is 5.32 Å². The van der Waals surface area contributed by atoms with Crippen molar-refractivity contribution in [2.45, 2.75) is 0 Å². The van der Waals surface area contributed by atoms with Gasteiger partial charge in [0.15, 0.2) is 0 Å². The van der Waals surface area contributed by atoms with Gasteiger partial charge >= 0.3 is 0 Å². The largest absolute Gasteiger partial charge is 0.307 e. The summed E-state index contributed by atoms with van der Waals surface area (Å²) in [6.45, 7) is 0. The smallest absolute Gasteiger partial charge is 0.256 e. The Morgan fingerprint density at radius 1 is 1.47 bits per heavy atom. The standard InChI is InChI=1S/C11H9N5O/c1-16-10(3-5-14-16)15-11(17)8-2-4-13-9(6-8)7-12/h2-6H,1H3,(H,15,17). The number of pyridine rings is 1. The van der Waals surface area contributed by atoms with E-state index in [1.807, 2.05) is 6.07 Å². The highest BCUT2D eigenvalue weighted by atomic mass is 16.1. The van der Waals surface area contributed by atoms with E-state index in [4.69, 9.17) is 5.26 Å². The topological polar surface area (TPSA) is 83.6 Å². The molecule has 2 aromatic rings. The first-order chi connectivity index (χ1) is 8.20. The lowest BCUT2D eigenvalue weighted by Crippen LogP contribution is -2.14. The highest BCUT2D eigenvalue weighted by Crippen LogP contribution is 2.07. The molecule has 6 heteroatoms. The molecule has 2 heterocycles. The van der Waals surface area contributed by atoms with Crippen molar-refractivity contribution in [1.82, 2.24) is 14.8 Å². The average molecular weight is 227 g/mol. The van der Waals surface area contributed by atoms with Gasteiger partial charge in [-0.05, 0) is 12.1 Å². The van der Waals surface area contributed by atoms with Gasteiger partial charge in [0.05, 0.1) is 6.20 Å². The van der Waals surface area contributed by atoms with Crippen LogP contribution in [0.15, 0.2) is 30.6 Å². The number of hydrogen-bond acceptors (Lipinski definition) is 4. The number of amides is 1. The molecular weight excluding hydrogens is 218 g/mol. The maximum Gasteiger partial charge on any atom is 0.256 e. The summed E-state index contributed by atoms with van der Waals surface area (Å²) in [5, 5.41) is 15.3. The summed E-state index contributed by atoms with van der Waals surface area (Å²) >= 11 is 0. The summed E-state index contributed by atoms with van der Waals surface area (Å²) in [5.74, 6) is 0.290. The van der Waals surface area contributed by atoms with E-state index >= 15 is 0 Å². The molecule has 84 valence electrons. The van der Waals surface area contributed by atoms with Crippen molar-refractivity contribution in [3.05, 3.63) is 41.9 Å². The second-order valence-electron chi connectivity index (χ2n) is 3.34. The molecule has 0 saturated carbocycles. The van der Waals surface area contributed by atoms with Crippen LogP contribution in [0.1, 0.15) is 16.1 Å². The van der Waals surface area contributed by atoms with Crippen molar-refractivity contribution in [2.75, 3.05) is 5.32 Å². The minimum Gasteiger partial charge on any atom is -0.307 e. The number of hydrogen-bond donors (Lipinski definition) is 1. The van der Waals surface area contributed by atoms with Crippen LogP contribution in [0.4, 0.5) is 5.82 Å². The number of rotatable bonds is 2. The van der Waals surface area contributed by atoms with Gasteiger partial charge in [-0.1, -0.05) is 0 Å². The molecule has 0 bridgehead atoms. The van der Waals surface area contributed by atoms with E-state index in [1.165, 1.54) is 12.3 Å². The Hall–Kier alpha value is -2.68. The zero-order valence-corrected chi connectivity index (χ0v) is 9.08. The van der Waals surface area contributed by atoms with Gasteiger partial charge in [0.2, 0.25) is 0 Å². The Labute approximate surface area is 97.5 Å². The first kappa shape index (κ1) is 10.8. The second kappa shape index (κ2) is 4.45. The van der Waals surface area contributed by atoms with Crippen molar-refractivity contribution >= 4 is 11.7 Å². The summed E-state index contributed by atoms with van der Waals surface area (Å²) in [5.41, 5.74) is 0.598. The zero-order valence-electron chi connectivity index (χ0n) is 9.08. The highest BCUT2D eigenvalue weighted by molar-refractivity contribution is 6.03. The van der Waals surface area contributed by atoms with Gasteiger partial charge in [-0.3, -0.25) is 9.48 Å². The van der Waals surface area contributed by atoms with Gasteiger partial charge < -0.3 is 5.32 Å². The van der Waals surface area contributed by atoms with Crippen molar-refractivity contribution in [3.63, 3.8) is 0 Å². The summed E-state index contributed by atoms with van der Waals surface area (Å²) in [7, 11) is 1.73. The lowest BCUT2D eigenvalue weighted by Gasteiger charge is -2.04. The van der Waals surface area contributed by atoms with E-state index in [2.05, 4.69) is 15.4 Å². The van der Waals surface area contributed by atoms with Crippen LogP contribution in [0, 0.1) is 11.3 Å². The fraction of sp³-hybridized carbons (Fsp3) is 0.0909. The number of anilines is 1. The fourth-order valence-electron chi connectivity index (χ4n) is 1.32. The molecule has 0 aliphatic heterocycles. The number of nitriles is 1. The summed E-state index contributed by atoms with van der Waals surface area (Å²) in [4.78, 5) is 15.6. The first-order valence-corrected chi connectivity index (χ1v) is 4.86. The minimum atomic E-state index is -0.299. The Morgan fingerprint density at radius 3 is 2.94 bits per heavy atom. The van der Waals surface area contributed by atoms with Crippen LogP contribution in [0.3, 0.4) is 0 Å². The number of aromatic nitrogens is 3. The normalized spacial score (nSPS) is 9.65. The van der Waals surface area contributed by atoms with Crippen molar-refractivity contribution < 1.29 is 4.79 Å². The van der Waals surface area contributed by atoms with Gasteiger partial charge in [-0.25, -0.2) is 4.98 Å². The van der Waals surface area contributed by atoms with Crippen molar-refractivity contribution in [1.29, 1.82) is 5.26 Å². The average Bonchev–Trinajstić information content (AvgIpc) is 2.75. The predicted octanol–water partition coefficient (Wildman–Crippen LogP) is 0.939. The van der Waals surface area contributed by atoms with Crippen LogP contribution in [0.5, 0.6) is 0 Å². The number of nitrogens with one attached hydrogen (secondary N) is 1. The van der Waals surface area contributed by atoms with E-state index in [0.29, 0.717) is 11.4 Å². The van der Waals surface area contributed by atoms with Crippen LogP contribution in [0.25, 0.3) is 0 Å². The van der Waals surface area contributed by atoms with Gasteiger partial charge in [0.25, 0.3) is 5.91 Å². The predicted molar refractivity (Wildman–Crippen MR) is 60.1 cm³/mol. The van der Waals surface area contributed by atoms with Gasteiger partial charge in [0, 0.05) is 24.9 Å². The molecule has 17 heavy (non-hydrogen) atoms. The summed E-state index contributed by atoms with van der Waals surface area (Å²) < 4.78 is 1.55. The van der Waals surface area contributed by atoms with E-state index in [9.17, 15) is 4.79 Å². The third-order valence-electron chi connectivity index (χ3n) is 2.20. The fourth-order valence-corrected chi connectivity index (χ4v) is 1.32. The maximum absolute atomic E-state index is 11.8. The lowest BCUT2D eigenvalue weighted by atomic mass is 10.2. The molecule has 0 radical (unpaired) electrons. The van der Waals surface area contributed by atoms with Gasteiger partial charge in [-0.15, -0.1) is 0 Å². The molecule has 1 amide bonds.